The van der Waals surface area contributed by atoms with Gasteiger partial charge >= 0.3 is 0 Å². The van der Waals surface area contributed by atoms with Crippen molar-refractivity contribution in [3.05, 3.63) is 150 Å². The Labute approximate surface area is 265 Å². The first-order valence-corrected chi connectivity index (χ1v) is 14.2. The topological polar surface area (TPSA) is 143 Å². The van der Waals surface area contributed by atoms with Gasteiger partial charge in [0.05, 0.1) is 25.0 Å². The van der Waals surface area contributed by atoms with Crippen LogP contribution in [0.3, 0.4) is 0 Å². The lowest BCUT2D eigenvalue weighted by atomic mass is 10.1. The van der Waals surface area contributed by atoms with Gasteiger partial charge in [-0.2, -0.15) is 0 Å². The number of pyridine rings is 5. The van der Waals surface area contributed by atoms with E-state index in [4.69, 9.17) is 9.47 Å². The van der Waals surface area contributed by atoms with Gasteiger partial charge < -0.3 is 9.47 Å². The summed E-state index contributed by atoms with van der Waals surface area (Å²) in [5.74, 6) is 2.00. The largest absolute Gasteiger partial charge is 0.456 e. The van der Waals surface area contributed by atoms with Gasteiger partial charge in [-0.15, -0.1) is 0 Å². The summed E-state index contributed by atoms with van der Waals surface area (Å²) >= 11 is 0. The summed E-state index contributed by atoms with van der Waals surface area (Å²) < 4.78 is 11.3. The third kappa shape index (κ3) is 9.38. The maximum atomic E-state index is 12.4. The minimum atomic E-state index is -0.113. The van der Waals surface area contributed by atoms with Gasteiger partial charge in [0, 0.05) is 60.9 Å². The van der Waals surface area contributed by atoms with Crippen LogP contribution in [0.15, 0.2) is 117 Å². The number of hydrogen-bond donors (Lipinski definition) is 0. The maximum absolute atomic E-state index is 12.4. The van der Waals surface area contributed by atoms with Crippen LogP contribution >= 0.6 is 0 Å². The molecule has 0 unspecified atom stereocenters. The van der Waals surface area contributed by atoms with Crippen molar-refractivity contribution in [2.24, 2.45) is 0 Å². The van der Waals surface area contributed by atoms with E-state index in [2.05, 4.69) is 34.9 Å². The SMILES string of the molecule is Cc1cc(CC(=O)c2cc(Oc3cccnc3)ccn2)ccn1.Cc1ccnc(CC(=O)c2cc(Oc3cncnc3)ccn2)c1. The zero-order valence-electron chi connectivity index (χ0n) is 25.1. The smallest absolute Gasteiger partial charge is 0.187 e. The van der Waals surface area contributed by atoms with Gasteiger partial charge in [0.15, 0.2) is 17.3 Å². The van der Waals surface area contributed by atoms with E-state index in [1.807, 2.05) is 38.1 Å². The van der Waals surface area contributed by atoms with Crippen molar-refractivity contribution in [1.82, 2.24) is 34.9 Å². The van der Waals surface area contributed by atoms with E-state index in [0.717, 1.165) is 22.5 Å². The molecule has 228 valence electrons. The predicted octanol–water partition coefficient (Wildman–Crippen LogP) is 6.19. The van der Waals surface area contributed by atoms with Crippen LogP contribution in [0.4, 0.5) is 0 Å². The number of carbonyl (C=O) groups excluding carboxylic acids is 2. The fraction of sp³-hybridized carbons (Fsp3) is 0.114. The van der Waals surface area contributed by atoms with Crippen molar-refractivity contribution in [3.63, 3.8) is 0 Å². The first-order valence-electron chi connectivity index (χ1n) is 14.2. The van der Waals surface area contributed by atoms with Crippen molar-refractivity contribution in [1.29, 1.82) is 0 Å². The molecule has 6 aromatic rings. The Kier molecular flexibility index (Phi) is 10.5. The van der Waals surface area contributed by atoms with E-state index < -0.39 is 0 Å². The molecule has 0 fully saturated rings. The van der Waals surface area contributed by atoms with Gasteiger partial charge in [-0.25, -0.2) is 9.97 Å². The third-order valence-corrected chi connectivity index (χ3v) is 6.32. The molecule has 0 saturated carbocycles. The first kappa shape index (κ1) is 31.2. The molecule has 46 heavy (non-hydrogen) atoms. The average molecular weight is 612 g/mol. The van der Waals surface area contributed by atoms with E-state index in [9.17, 15) is 9.59 Å². The van der Waals surface area contributed by atoms with Crippen molar-refractivity contribution in [3.8, 4) is 23.0 Å². The molecule has 11 nitrogen and oxygen atoms in total. The number of carbonyl (C=O) groups is 2. The van der Waals surface area contributed by atoms with Crippen LogP contribution in [0.2, 0.25) is 0 Å². The van der Waals surface area contributed by atoms with Gasteiger partial charge in [-0.1, -0.05) is 0 Å². The summed E-state index contributed by atoms with van der Waals surface area (Å²) in [4.78, 5) is 53.0. The maximum Gasteiger partial charge on any atom is 0.187 e. The molecule has 6 aromatic heterocycles. The highest BCUT2D eigenvalue weighted by atomic mass is 16.5. The number of nitrogens with zero attached hydrogens (tertiary/aromatic N) is 7. The molecule has 0 N–H and O–H groups in total. The Bertz CT molecular complexity index is 1780. The highest BCUT2D eigenvalue weighted by molar-refractivity contribution is 5.96. The molecule has 0 amide bonds. The van der Waals surface area contributed by atoms with Crippen molar-refractivity contribution in [2.45, 2.75) is 26.7 Å². The van der Waals surface area contributed by atoms with Crippen molar-refractivity contribution < 1.29 is 19.1 Å². The lowest BCUT2D eigenvalue weighted by Gasteiger charge is -2.06. The molecule has 0 atom stereocenters. The minimum Gasteiger partial charge on any atom is -0.456 e. The number of rotatable bonds is 10. The van der Waals surface area contributed by atoms with E-state index in [1.165, 1.54) is 12.5 Å². The summed E-state index contributed by atoms with van der Waals surface area (Å²) in [5.41, 5.74) is 4.31. The van der Waals surface area contributed by atoms with Crippen molar-refractivity contribution >= 4 is 11.6 Å². The number of aromatic nitrogens is 7. The van der Waals surface area contributed by atoms with E-state index >= 15 is 0 Å². The second kappa shape index (κ2) is 15.5. The quantitative estimate of drug-likeness (QED) is 0.164. The standard InChI is InChI=1S/C18H15N3O2.C17H14N4O2/c1-13-9-14(4-7-20-13)10-18(22)17-11-15(5-8-21-17)23-16-3-2-6-19-12-16;1-12-2-4-20-13(6-12)7-17(22)16-8-14(3-5-21-16)23-15-9-18-11-19-10-15/h2-9,11-12H,10H2,1H3;2-6,8-11H,7H2,1H3. The lowest BCUT2D eigenvalue weighted by Crippen LogP contribution is -2.07. The Morgan fingerprint density at radius 1 is 0.587 bits per heavy atom. The summed E-state index contributed by atoms with van der Waals surface area (Å²) in [5, 5.41) is 0. The van der Waals surface area contributed by atoms with Crippen molar-refractivity contribution in [2.75, 3.05) is 0 Å². The highest BCUT2D eigenvalue weighted by Gasteiger charge is 2.12. The molecule has 11 heteroatoms. The third-order valence-electron chi connectivity index (χ3n) is 6.32. The zero-order chi connectivity index (χ0) is 32.1. The molecular weight excluding hydrogens is 582 g/mol. The Morgan fingerprint density at radius 2 is 1.22 bits per heavy atom. The Morgan fingerprint density at radius 3 is 1.87 bits per heavy atom. The van der Waals surface area contributed by atoms with Crippen LogP contribution in [-0.4, -0.2) is 46.5 Å². The summed E-state index contributed by atoms with van der Waals surface area (Å²) in [6.45, 7) is 3.86. The fourth-order valence-corrected chi connectivity index (χ4v) is 4.21. The molecule has 6 rings (SSSR count). The van der Waals surface area contributed by atoms with Gasteiger partial charge in [-0.05, 0) is 73.5 Å². The number of Topliss-reactive ketones (excluding diaryl/α,β-unsaturated/α-hetero) is 2. The Balaban J connectivity index is 0.000000181. The number of hydrogen-bond acceptors (Lipinski definition) is 11. The molecule has 6 heterocycles. The normalized spacial score (nSPS) is 10.3. The summed E-state index contributed by atoms with van der Waals surface area (Å²) in [7, 11) is 0. The van der Waals surface area contributed by atoms with Gasteiger partial charge in [-0.3, -0.25) is 34.5 Å². The number of ketones is 2. The molecule has 0 aliphatic heterocycles. The molecule has 0 spiro atoms. The minimum absolute atomic E-state index is 0.0627. The van der Waals surface area contributed by atoms with Gasteiger partial charge in [0.2, 0.25) is 0 Å². The molecular formula is C35H29N7O4. The second-order valence-corrected chi connectivity index (χ2v) is 10.1. The summed E-state index contributed by atoms with van der Waals surface area (Å²) in [6, 6.07) is 17.7. The predicted molar refractivity (Wildman–Crippen MR) is 169 cm³/mol. The monoisotopic (exact) mass is 611 g/mol. The van der Waals surface area contributed by atoms with E-state index in [0.29, 0.717) is 34.4 Å². The van der Waals surface area contributed by atoms with Crippen LogP contribution in [-0.2, 0) is 12.8 Å². The number of aryl methyl sites for hydroxylation is 2. The van der Waals surface area contributed by atoms with Crippen LogP contribution in [0.5, 0.6) is 23.0 Å². The van der Waals surface area contributed by atoms with Crippen LogP contribution in [0.1, 0.15) is 43.5 Å². The first-order chi connectivity index (χ1) is 22.4. The zero-order valence-corrected chi connectivity index (χ0v) is 25.1. The molecule has 0 aliphatic carbocycles. The number of ether oxygens (including phenoxy) is 2. The molecule has 0 radical (unpaired) electrons. The highest BCUT2D eigenvalue weighted by Crippen LogP contribution is 2.22. The van der Waals surface area contributed by atoms with Gasteiger partial charge in [0.25, 0.3) is 0 Å². The van der Waals surface area contributed by atoms with E-state index in [-0.39, 0.29) is 24.4 Å². The van der Waals surface area contributed by atoms with Crippen LogP contribution in [0, 0.1) is 13.8 Å². The summed E-state index contributed by atoms with van der Waals surface area (Å²) in [6.07, 6.45) is 14.8. The molecule has 0 aliphatic rings. The van der Waals surface area contributed by atoms with Crippen LogP contribution < -0.4 is 9.47 Å². The Hall–Kier alpha value is -6.23. The molecule has 0 saturated heterocycles. The molecule has 0 bridgehead atoms. The second-order valence-electron chi connectivity index (χ2n) is 10.1. The van der Waals surface area contributed by atoms with E-state index in [1.54, 1.807) is 79.8 Å². The van der Waals surface area contributed by atoms with Crippen LogP contribution in [0.25, 0.3) is 0 Å². The molecule has 0 aromatic carbocycles. The van der Waals surface area contributed by atoms with Gasteiger partial charge in [0.1, 0.15) is 35.0 Å². The fourth-order valence-electron chi connectivity index (χ4n) is 4.21. The lowest BCUT2D eigenvalue weighted by molar-refractivity contribution is 0.0979. The average Bonchev–Trinajstić information content (AvgIpc) is 3.06.